The zero-order valence-electron chi connectivity index (χ0n) is 14.9. The Labute approximate surface area is 144 Å². The molecule has 4 nitrogen and oxygen atoms in total. The van der Waals surface area contributed by atoms with Crippen molar-refractivity contribution in [1.82, 2.24) is 10.4 Å². The van der Waals surface area contributed by atoms with Gasteiger partial charge < -0.3 is 0 Å². The van der Waals surface area contributed by atoms with Crippen molar-refractivity contribution in [3.8, 4) is 0 Å². The van der Waals surface area contributed by atoms with Crippen LogP contribution in [-0.2, 0) is 4.79 Å². The second-order valence-corrected chi connectivity index (χ2v) is 7.28. The van der Waals surface area contributed by atoms with Crippen LogP contribution >= 0.6 is 0 Å². The second-order valence-electron chi connectivity index (χ2n) is 7.28. The summed E-state index contributed by atoms with van der Waals surface area (Å²) < 4.78 is 0. The number of hydrazone groups is 1. The Balaban J connectivity index is 2.01. The Kier molecular flexibility index (Phi) is 4.83. The van der Waals surface area contributed by atoms with Crippen LogP contribution in [0.15, 0.2) is 40.8 Å². The van der Waals surface area contributed by atoms with E-state index in [0.717, 1.165) is 49.2 Å². The molecule has 4 heteroatoms. The Morgan fingerprint density at radius 3 is 2.92 bits per heavy atom. The topological polar surface area (TPSA) is 54.4 Å². The average Bonchev–Trinajstić information content (AvgIpc) is 2.58. The molecule has 0 bridgehead atoms. The summed E-state index contributed by atoms with van der Waals surface area (Å²) in [4.78, 5) is 17.2. The van der Waals surface area contributed by atoms with Crippen molar-refractivity contribution in [2.24, 2.45) is 16.4 Å². The molecule has 0 radical (unpaired) electrons. The molecule has 0 spiro atoms. The smallest absolute Gasteiger partial charge is 0.138 e. The van der Waals surface area contributed by atoms with Crippen LogP contribution in [0.25, 0.3) is 0 Å². The Hall–Kier alpha value is -1.97. The van der Waals surface area contributed by atoms with Crippen LogP contribution in [0.3, 0.4) is 0 Å². The summed E-state index contributed by atoms with van der Waals surface area (Å²) in [5.41, 5.74) is 7.36. The lowest BCUT2D eigenvalue weighted by molar-refractivity contribution is -0.128. The Morgan fingerprint density at radius 1 is 1.38 bits per heavy atom. The summed E-state index contributed by atoms with van der Waals surface area (Å²) in [6, 6.07) is 5.93. The molecule has 128 valence electrons. The zero-order valence-corrected chi connectivity index (χ0v) is 14.9. The van der Waals surface area contributed by atoms with E-state index < -0.39 is 0 Å². The standard InChI is InChI=1S/C20H27N3O/c1-4-18(24)20(3)11-7-5-9-15-14(2)22-23-19(16(15)13-20)17-10-6-8-12-21-17/h6,8,10,12,16,22H,4-5,7,9,11,13H2,1-3H3. The molecular weight excluding hydrogens is 298 g/mol. The summed E-state index contributed by atoms with van der Waals surface area (Å²) >= 11 is 0. The van der Waals surface area contributed by atoms with E-state index in [1.807, 2.05) is 31.3 Å². The van der Waals surface area contributed by atoms with Crippen molar-refractivity contribution in [2.45, 2.75) is 59.3 Å². The lowest BCUT2D eigenvalue weighted by atomic mass is 9.67. The van der Waals surface area contributed by atoms with Gasteiger partial charge in [0.15, 0.2) is 0 Å². The molecule has 0 amide bonds. The van der Waals surface area contributed by atoms with Gasteiger partial charge in [-0.25, -0.2) is 0 Å². The molecule has 2 heterocycles. The van der Waals surface area contributed by atoms with E-state index in [1.54, 1.807) is 0 Å². The van der Waals surface area contributed by atoms with E-state index in [9.17, 15) is 4.79 Å². The van der Waals surface area contributed by atoms with Crippen molar-refractivity contribution in [3.05, 3.63) is 41.4 Å². The number of nitrogens with one attached hydrogen (secondary N) is 1. The van der Waals surface area contributed by atoms with E-state index in [2.05, 4.69) is 29.4 Å². The molecule has 1 fully saturated rings. The molecule has 2 unspecified atom stereocenters. The lowest BCUT2D eigenvalue weighted by Crippen LogP contribution is -2.38. The van der Waals surface area contributed by atoms with Gasteiger partial charge in [-0.2, -0.15) is 5.10 Å². The van der Waals surface area contributed by atoms with Gasteiger partial charge in [-0.05, 0) is 50.3 Å². The van der Waals surface area contributed by atoms with Crippen LogP contribution in [0.5, 0.6) is 0 Å². The number of nitrogens with zero attached hydrogens (tertiary/aromatic N) is 2. The average molecular weight is 325 g/mol. The molecule has 0 aromatic carbocycles. The third-order valence-electron chi connectivity index (χ3n) is 5.58. The third-order valence-corrected chi connectivity index (χ3v) is 5.58. The fourth-order valence-electron chi connectivity index (χ4n) is 4.12. The van der Waals surface area contributed by atoms with Crippen molar-refractivity contribution in [2.75, 3.05) is 0 Å². The largest absolute Gasteiger partial charge is 0.299 e. The first kappa shape index (κ1) is 16.9. The first-order valence-corrected chi connectivity index (χ1v) is 9.03. The number of ketones is 1. The molecule has 2 atom stereocenters. The predicted molar refractivity (Wildman–Crippen MR) is 96.6 cm³/mol. The number of pyridine rings is 1. The Bertz CT molecular complexity index is 677. The minimum Gasteiger partial charge on any atom is -0.299 e. The van der Waals surface area contributed by atoms with Crippen molar-refractivity contribution >= 4 is 11.5 Å². The molecule has 1 saturated carbocycles. The van der Waals surface area contributed by atoms with Gasteiger partial charge in [-0.15, -0.1) is 0 Å². The van der Waals surface area contributed by atoms with Crippen LogP contribution in [0.2, 0.25) is 0 Å². The normalized spacial score (nSPS) is 27.5. The molecule has 1 aromatic rings. The number of carbonyl (C=O) groups is 1. The number of fused-ring (bicyclic) bond motifs is 1. The summed E-state index contributed by atoms with van der Waals surface area (Å²) in [7, 11) is 0. The van der Waals surface area contributed by atoms with Gasteiger partial charge in [0.05, 0.1) is 11.4 Å². The number of hydrogen-bond acceptors (Lipinski definition) is 4. The number of allylic oxidation sites excluding steroid dienone is 2. The van der Waals surface area contributed by atoms with Crippen molar-refractivity contribution in [1.29, 1.82) is 0 Å². The molecule has 1 aromatic heterocycles. The maximum atomic E-state index is 12.7. The van der Waals surface area contributed by atoms with Gasteiger partial charge in [-0.3, -0.25) is 15.2 Å². The number of Topliss-reactive ketones (excluding diaryl/α,β-unsaturated/α-hetero) is 1. The number of carbonyl (C=O) groups excluding carboxylic acids is 1. The first-order valence-electron chi connectivity index (χ1n) is 9.03. The minimum atomic E-state index is -0.266. The predicted octanol–water partition coefficient (Wildman–Crippen LogP) is 4.23. The van der Waals surface area contributed by atoms with E-state index in [1.165, 1.54) is 5.57 Å². The fraction of sp³-hybridized carbons (Fsp3) is 0.550. The highest BCUT2D eigenvalue weighted by Crippen LogP contribution is 2.43. The second kappa shape index (κ2) is 6.88. The maximum Gasteiger partial charge on any atom is 0.138 e. The molecule has 24 heavy (non-hydrogen) atoms. The molecule has 1 N–H and O–H groups in total. The SMILES string of the molecule is CCC(=O)C1(C)CCCCC2=C(C)NN=C(c3ccccn3)C2C1. The van der Waals surface area contributed by atoms with Gasteiger partial charge in [0.25, 0.3) is 0 Å². The van der Waals surface area contributed by atoms with Crippen LogP contribution in [-0.4, -0.2) is 16.5 Å². The Morgan fingerprint density at radius 2 is 2.21 bits per heavy atom. The van der Waals surface area contributed by atoms with Gasteiger partial charge >= 0.3 is 0 Å². The van der Waals surface area contributed by atoms with Crippen LogP contribution in [0.4, 0.5) is 0 Å². The van der Waals surface area contributed by atoms with Gasteiger partial charge in [0, 0.05) is 29.6 Å². The van der Waals surface area contributed by atoms with Gasteiger partial charge in [0.2, 0.25) is 0 Å². The van der Waals surface area contributed by atoms with Crippen LogP contribution in [0, 0.1) is 11.3 Å². The highest BCUT2D eigenvalue weighted by molar-refractivity contribution is 6.03. The van der Waals surface area contributed by atoms with E-state index in [-0.39, 0.29) is 11.3 Å². The van der Waals surface area contributed by atoms with Crippen molar-refractivity contribution in [3.63, 3.8) is 0 Å². The van der Waals surface area contributed by atoms with Gasteiger partial charge in [-0.1, -0.05) is 26.3 Å². The number of hydrogen-bond donors (Lipinski definition) is 1. The summed E-state index contributed by atoms with van der Waals surface area (Å²) in [5.74, 6) is 0.558. The highest BCUT2D eigenvalue weighted by Gasteiger charge is 2.40. The summed E-state index contributed by atoms with van der Waals surface area (Å²) in [6.07, 6.45) is 7.55. The van der Waals surface area contributed by atoms with E-state index in [4.69, 9.17) is 0 Å². The monoisotopic (exact) mass is 325 g/mol. The maximum absolute atomic E-state index is 12.7. The minimum absolute atomic E-state index is 0.182. The molecule has 0 saturated heterocycles. The van der Waals surface area contributed by atoms with Crippen LogP contribution < -0.4 is 5.43 Å². The number of rotatable bonds is 3. The third kappa shape index (κ3) is 3.14. The fourth-order valence-corrected chi connectivity index (χ4v) is 4.12. The lowest BCUT2D eigenvalue weighted by Gasteiger charge is -2.38. The molecule has 1 aliphatic heterocycles. The molecular formula is C20H27N3O. The number of aromatic nitrogens is 1. The molecule has 1 aliphatic carbocycles. The first-order chi connectivity index (χ1) is 11.5. The van der Waals surface area contributed by atoms with Crippen molar-refractivity contribution < 1.29 is 4.79 Å². The zero-order chi connectivity index (χ0) is 17.2. The molecule has 2 aliphatic rings. The summed E-state index contributed by atoms with van der Waals surface area (Å²) in [5, 5.41) is 4.62. The molecule has 3 rings (SSSR count). The highest BCUT2D eigenvalue weighted by atomic mass is 16.1. The van der Waals surface area contributed by atoms with E-state index >= 15 is 0 Å². The quantitative estimate of drug-likeness (QED) is 0.905. The van der Waals surface area contributed by atoms with E-state index in [0.29, 0.717) is 12.2 Å². The summed E-state index contributed by atoms with van der Waals surface area (Å²) in [6.45, 7) is 6.22. The van der Waals surface area contributed by atoms with Gasteiger partial charge in [0.1, 0.15) is 5.78 Å². The van der Waals surface area contributed by atoms with Crippen LogP contribution in [0.1, 0.15) is 65.0 Å².